The first-order valence-corrected chi connectivity index (χ1v) is 9.86. The van der Waals surface area contributed by atoms with E-state index in [1.165, 1.54) is 24.3 Å². The molecule has 0 unspecified atom stereocenters. The lowest BCUT2D eigenvalue weighted by Gasteiger charge is -2.34. The molecular weight excluding hydrogens is 411 g/mol. The fourth-order valence-corrected chi connectivity index (χ4v) is 3.53. The number of halogens is 3. The Morgan fingerprint density at radius 2 is 1.61 bits per heavy atom. The zero-order valence-electron chi connectivity index (χ0n) is 17.2. The Kier molecular flexibility index (Phi) is 6.97. The van der Waals surface area contributed by atoms with Crippen LogP contribution in [-0.4, -0.2) is 48.6 Å². The second kappa shape index (κ2) is 9.49. The minimum atomic E-state index is -4.50. The van der Waals surface area contributed by atoms with Gasteiger partial charge in [0.25, 0.3) is 5.91 Å². The smallest absolute Gasteiger partial charge is 0.373 e. The second-order valence-corrected chi connectivity index (χ2v) is 7.61. The van der Waals surface area contributed by atoms with E-state index in [2.05, 4.69) is 10.6 Å². The molecule has 0 saturated carbocycles. The standard InChI is InChI=1S/C22H24F3N3O3/c1-14-11-28(12-15(2)31-14)13-20(29)26-18-7-3-5-16(9-18)21(30)27-19-8-4-6-17(10-19)22(23,24)25/h3-10,14-15H,11-13H2,1-2H3,(H,26,29)(H,27,30)/t14-,15-/m1/s1. The average molecular weight is 435 g/mol. The first-order valence-electron chi connectivity index (χ1n) is 9.86. The Balaban J connectivity index is 1.62. The molecule has 9 heteroatoms. The van der Waals surface area contributed by atoms with Crippen molar-refractivity contribution in [2.24, 2.45) is 0 Å². The summed E-state index contributed by atoms with van der Waals surface area (Å²) >= 11 is 0. The van der Waals surface area contributed by atoms with Gasteiger partial charge in [-0.25, -0.2) is 0 Å². The molecule has 1 aliphatic rings. The molecule has 1 aliphatic heterocycles. The number of rotatable bonds is 5. The molecule has 0 radical (unpaired) electrons. The van der Waals surface area contributed by atoms with Gasteiger partial charge in [0.15, 0.2) is 0 Å². The van der Waals surface area contributed by atoms with Crippen LogP contribution in [0.1, 0.15) is 29.8 Å². The van der Waals surface area contributed by atoms with Crippen molar-refractivity contribution in [3.63, 3.8) is 0 Å². The second-order valence-electron chi connectivity index (χ2n) is 7.61. The Morgan fingerprint density at radius 1 is 1.00 bits per heavy atom. The highest BCUT2D eigenvalue weighted by atomic mass is 19.4. The van der Waals surface area contributed by atoms with Gasteiger partial charge in [-0.05, 0) is 50.2 Å². The summed E-state index contributed by atoms with van der Waals surface area (Å²) in [7, 11) is 0. The molecule has 1 fully saturated rings. The molecule has 2 aromatic carbocycles. The van der Waals surface area contributed by atoms with Crippen molar-refractivity contribution in [3.8, 4) is 0 Å². The summed E-state index contributed by atoms with van der Waals surface area (Å²) in [6, 6.07) is 10.6. The van der Waals surface area contributed by atoms with Gasteiger partial charge in [0.05, 0.1) is 24.3 Å². The lowest BCUT2D eigenvalue weighted by atomic mass is 10.1. The van der Waals surface area contributed by atoms with E-state index in [4.69, 9.17) is 4.74 Å². The minimum absolute atomic E-state index is 0.0322. The lowest BCUT2D eigenvalue weighted by Crippen LogP contribution is -2.48. The number of carbonyl (C=O) groups excluding carboxylic acids is 2. The van der Waals surface area contributed by atoms with E-state index in [0.717, 1.165) is 12.1 Å². The fourth-order valence-electron chi connectivity index (χ4n) is 3.53. The van der Waals surface area contributed by atoms with E-state index >= 15 is 0 Å². The van der Waals surface area contributed by atoms with Crippen LogP contribution < -0.4 is 10.6 Å². The van der Waals surface area contributed by atoms with Gasteiger partial charge in [-0.2, -0.15) is 13.2 Å². The van der Waals surface area contributed by atoms with Crippen LogP contribution in [0, 0.1) is 0 Å². The third-order valence-electron chi connectivity index (χ3n) is 4.72. The summed E-state index contributed by atoms with van der Waals surface area (Å²) in [6.45, 7) is 5.40. The van der Waals surface area contributed by atoms with Crippen LogP contribution in [0.5, 0.6) is 0 Å². The summed E-state index contributed by atoms with van der Waals surface area (Å²) < 4.78 is 44.2. The summed E-state index contributed by atoms with van der Waals surface area (Å²) in [5.74, 6) is -0.803. The molecule has 0 bridgehead atoms. The maximum atomic E-state index is 12.9. The van der Waals surface area contributed by atoms with Crippen molar-refractivity contribution in [2.75, 3.05) is 30.3 Å². The van der Waals surface area contributed by atoms with Crippen LogP contribution in [0.25, 0.3) is 0 Å². The van der Waals surface area contributed by atoms with Crippen LogP contribution in [0.2, 0.25) is 0 Å². The number of anilines is 2. The Morgan fingerprint density at radius 3 is 2.26 bits per heavy atom. The van der Waals surface area contributed by atoms with Crippen molar-refractivity contribution in [3.05, 3.63) is 59.7 Å². The van der Waals surface area contributed by atoms with Crippen molar-refractivity contribution in [1.29, 1.82) is 0 Å². The third kappa shape index (κ3) is 6.53. The first kappa shape index (κ1) is 22.8. The normalized spacial score (nSPS) is 19.6. The maximum Gasteiger partial charge on any atom is 0.416 e. The van der Waals surface area contributed by atoms with Crippen LogP contribution in [0.15, 0.2) is 48.5 Å². The zero-order chi connectivity index (χ0) is 22.6. The molecule has 1 saturated heterocycles. The molecule has 2 atom stereocenters. The quantitative estimate of drug-likeness (QED) is 0.745. The zero-order valence-corrected chi connectivity index (χ0v) is 17.2. The van der Waals surface area contributed by atoms with Crippen LogP contribution in [0.4, 0.5) is 24.5 Å². The highest BCUT2D eigenvalue weighted by molar-refractivity contribution is 6.05. The molecule has 2 amide bonds. The van der Waals surface area contributed by atoms with Crippen LogP contribution in [-0.2, 0) is 15.7 Å². The number of nitrogens with one attached hydrogen (secondary N) is 2. The summed E-state index contributed by atoms with van der Waals surface area (Å²) in [5.41, 5.74) is -0.178. The molecule has 31 heavy (non-hydrogen) atoms. The molecule has 2 aromatic rings. The average Bonchev–Trinajstić information content (AvgIpc) is 2.66. The molecule has 166 valence electrons. The molecule has 0 spiro atoms. The monoisotopic (exact) mass is 435 g/mol. The number of alkyl halides is 3. The van der Waals surface area contributed by atoms with Gasteiger partial charge in [-0.1, -0.05) is 12.1 Å². The summed E-state index contributed by atoms with van der Waals surface area (Å²) in [6.07, 6.45) is -4.42. The van der Waals surface area contributed by atoms with Gasteiger partial charge < -0.3 is 15.4 Å². The number of morpholine rings is 1. The molecule has 6 nitrogen and oxygen atoms in total. The largest absolute Gasteiger partial charge is 0.416 e. The highest BCUT2D eigenvalue weighted by Gasteiger charge is 2.30. The van der Waals surface area contributed by atoms with Crippen LogP contribution >= 0.6 is 0 Å². The lowest BCUT2D eigenvalue weighted by molar-refractivity contribution is -0.137. The van der Waals surface area contributed by atoms with E-state index in [1.807, 2.05) is 18.7 Å². The van der Waals surface area contributed by atoms with Gasteiger partial charge in [0.1, 0.15) is 0 Å². The molecule has 2 N–H and O–H groups in total. The van der Waals surface area contributed by atoms with Gasteiger partial charge in [0, 0.05) is 30.0 Å². The minimum Gasteiger partial charge on any atom is -0.373 e. The first-order chi connectivity index (χ1) is 14.6. The Labute approximate surface area is 178 Å². The summed E-state index contributed by atoms with van der Waals surface area (Å²) in [4.78, 5) is 26.9. The molecular formula is C22H24F3N3O3. The SMILES string of the molecule is C[C@@H]1CN(CC(=O)Nc2cccc(C(=O)Nc3cccc(C(F)(F)F)c3)c2)C[C@@H](C)O1. The highest BCUT2D eigenvalue weighted by Crippen LogP contribution is 2.30. The third-order valence-corrected chi connectivity index (χ3v) is 4.72. The molecule has 1 heterocycles. The van der Waals surface area contributed by atoms with Gasteiger partial charge in [0.2, 0.25) is 5.91 Å². The maximum absolute atomic E-state index is 12.9. The number of carbonyl (C=O) groups is 2. The summed E-state index contributed by atoms with van der Waals surface area (Å²) in [5, 5.41) is 5.21. The number of amides is 2. The van der Waals surface area contributed by atoms with Gasteiger partial charge in [-0.15, -0.1) is 0 Å². The van der Waals surface area contributed by atoms with E-state index in [9.17, 15) is 22.8 Å². The predicted molar refractivity (Wildman–Crippen MR) is 111 cm³/mol. The topological polar surface area (TPSA) is 70.7 Å². The molecule has 0 aromatic heterocycles. The van der Waals surface area contributed by atoms with E-state index in [1.54, 1.807) is 12.1 Å². The van der Waals surface area contributed by atoms with E-state index in [-0.39, 0.29) is 35.9 Å². The molecule has 0 aliphatic carbocycles. The Bertz CT molecular complexity index is 939. The van der Waals surface area contributed by atoms with Crippen molar-refractivity contribution < 1.29 is 27.5 Å². The number of hydrogen-bond donors (Lipinski definition) is 2. The van der Waals surface area contributed by atoms with Crippen molar-refractivity contribution in [1.82, 2.24) is 4.90 Å². The van der Waals surface area contributed by atoms with Gasteiger partial charge in [-0.3, -0.25) is 14.5 Å². The number of hydrogen-bond acceptors (Lipinski definition) is 4. The number of benzene rings is 2. The predicted octanol–water partition coefficient (Wildman–Crippen LogP) is 4.01. The van der Waals surface area contributed by atoms with Gasteiger partial charge >= 0.3 is 6.18 Å². The van der Waals surface area contributed by atoms with E-state index in [0.29, 0.717) is 18.8 Å². The van der Waals surface area contributed by atoms with Crippen molar-refractivity contribution >= 4 is 23.2 Å². The van der Waals surface area contributed by atoms with Crippen LogP contribution in [0.3, 0.4) is 0 Å². The Hall–Kier alpha value is -2.91. The fraction of sp³-hybridized carbons (Fsp3) is 0.364. The van der Waals surface area contributed by atoms with Crippen molar-refractivity contribution in [2.45, 2.75) is 32.2 Å². The number of nitrogens with zero attached hydrogens (tertiary/aromatic N) is 1. The molecule has 3 rings (SSSR count). The van der Waals surface area contributed by atoms with E-state index < -0.39 is 17.6 Å². The number of ether oxygens (including phenoxy) is 1.